The van der Waals surface area contributed by atoms with Gasteiger partial charge in [0.25, 0.3) is 11.8 Å². The van der Waals surface area contributed by atoms with Crippen LogP contribution in [0.5, 0.6) is 5.75 Å². The number of nitrogens with zero attached hydrogens (tertiary/aromatic N) is 1. The van der Waals surface area contributed by atoms with E-state index in [0.29, 0.717) is 26.5 Å². The second-order valence-corrected chi connectivity index (χ2v) is 8.42. The van der Waals surface area contributed by atoms with Gasteiger partial charge >= 0.3 is 6.03 Å². The zero-order chi connectivity index (χ0) is 22.0. The van der Waals surface area contributed by atoms with E-state index in [-0.39, 0.29) is 12.2 Å². The quantitative estimate of drug-likeness (QED) is 0.305. The van der Waals surface area contributed by atoms with Crippen molar-refractivity contribution in [2.24, 2.45) is 0 Å². The van der Waals surface area contributed by atoms with Crippen molar-refractivity contribution in [3.8, 4) is 5.75 Å². The van der Waals surface area contributed by atoms with Crippen LogP contribution >= 0.6 is 43.5 Å². The van der Waals surface area contributed by atoms with Crippen LogP contribution in [0.2, 0.25) is 5.02 Å². The van der Waals surface area contributed by atoms with Crippen molar-refractivity contribution >= 4 is 73.1 Å². The summed E-state index contributed by atoms with van der Waals surface area (Å²) in [4.78, 5) is 38.6. The molecule has 0 aliphatic carbocycles. The topological polar surface area (TPSA) is 75.7 Å². The van der Waals surface area contributed by atoms with Crippen LogP contribution in [0.1, 0.15) is 11.1 Å². The number of halogens is 3. The molecule has 0 aromatic heterocycles. The second kappa shape index (κ2) is 9.16. The molecule has 1 fully saturated rings. The summed E-state index contributed by atoms with van der Waals surface area (Å²) in [7, 11) is 0. The number of carbonyl (C=O) groups excluding carboxylic acids is 3. The molecule has 0 radical (unpaired) electrons. The standard InChI is InChI=1S/C21H15Br2ClN2O4/c1-3-6-30-18-16(23)9-12(10-17(18)24)8-14-19(27)25-21(29)26(20(14)28)13-4-5-15(22)11(2)7-13/h3-5,7-10H,1,6H2,2H3,(H,25,27,29)/b14-8+. The van der Waals surface area contributed by atoms with Gasteiger partial charge in [0.2, 0.25) is 0 Å². The van der Waals surface area contributed by atoms with Crippen molar-refractivity contribution in [3.63, 3.8) is 0 Å². The molecule has 9 heteroatoms. The molecule has 2 aromatic rings. The van der Waals surface area contributed by atoms with E-state index in [4.69, 9.17) is 16.3 Å². The van der Waals surface area contributed by atoms with Crippen LogP contribution in [0.15, 0.2) is 57.5 Å². The fraction of sp³-hybridized carbons (Fsp3) is 0.0952. The molecule has 0 bridgehead atoms. The molecule has 1 heterocycles. The molecule has 154 valence electrons. The first-order chi connectivity index (χ1) is 14.2. The summed E-state index contributed by atoms with van der Waals surface area (Å²) in [6.45, 7) is 5.68. The van der Waals surface area contributed by atoms with Crippen LogP contribution < -0.4 is 15.0 Å². The third-order valence-electron chi connectivity index (χ3n) is 4.18. The lowest BCUT2D eigenvalue weighted by atomic mass is 10.1. The average Bonchev–Trinajstić information content (AvgIpc) is 2.67. The van der Waals surface area contributed by atoms with E-state index in [9.17, 15) is 14.4 Å². The van der Waals surface area contributed by atoms with Crippen LogP contribution in [0.4, 0.5) is 10.5 Å². The van der Waals surface area contributed by atoms with Crippen LogP contribution in [-0.2, 0) is 9.59 Å². The molecule has 0 saturated carbocycles. The number of benzene rings is 2. The molecule has 0 atom stereocenters. The first-order valence-electron chi connectivity index (χ1n) is 8.63. The fourth-order valence-corrected chi connectivity index (χ4v) is 4.01. The van der Waals surface area contributed by atoms with Gasteiger partial charge in [-0.15, -0.1) is 0 Å². The minimum atomic E-state index is -0.809. The molecule has 1 saturated heterocycles. The zero-order valence-corrected chi connectivity index (χ0v) is 19.6. The van der Waals surface area contributed by atoms with Crippen molar-refractivity contribution in [1.82, 2.24) is 5.32 Å². The molecule has 6 nitrogen and oxygen atoms in total. The number of rotatable bonds is 5. The van der Waals surface area contributed by atoms with Gasteiger partial charge in [-0.2, -0.15) is 0 Å². The summed E-state index contributed by atoms with van der Waals surface area (Å²) >= 11 is 13.0. The van der Waals surface area contributed by atoms with Gasteiger partial charge in [-0.25, -0.2) is 9.69 Å². The van der Waals surface area contributed by atoms with E-state index in [1.54, 1.807) is 36.4 Å². The van der Waals surface area contributed by atoms with Crippen molar-refractivity contribution < 1.29 is 19.1 Å². The maximum absolute atomic E-state index is 13.0. The molecule has 4 amide bonds. The minimum absolute atomic E-state index is 0.196. The van der Waals surface area contributed by atoms with Gasteiger partial charge in [0.15, 0.2) is 5.75 Å². The van der Waals surface area contributed by atoms with E-state index in [0.717, 1.165) is 14.9 Å². The Balaban J connectivity index is 2.00. The normalized spacial score (nSPS) is 15.4. The number of amides is 4. The highest BCUT2D eigenvalue weighted by Gasteiger charge is 2.37. The SMILES string of the molecule is C=CCOc1c(Cl)cc(/C=C2\C(=O)NC(=O)N(c3ccc(Br)c(C)c3)C2=O)cc1Br. The first-order valence-corrected chi connectivity index (χ1v) is 10.6. The van der Waals surface area contributed by atoms with Gasteiger partial charge in [-0.05, 0) is 70.4 Å². The van der Waals surface area contributed by atoms with Gasteiger partial charge < -0.3 is 4.74 Å². The third kappa shape index (κ3) is 4.50. The van der Waals surface area contributed by atoms with Gasteiger partial charge in [0.05, 0.1) is 15.2 Å². The Morgan fingerprint density at radius 2 is 1.90 bits per heavy atom. The molecule has 30 heavy (non-hydrogen) atoms. The van der Waals surface area contributed by atoms with Gasteiger partial charge in [0, 0.05) is 4.47 Å². The Hall–Kier alpha value is -2.42. The van der Waals surface area contributed by atoms with E-state index < -0.39 is 17.8 Å². The lowest BCUT2D eigenvalue weighted by molar-refractivity contribution is -0.122. The van der Waals surface area contributed by atoms with Crippen LogP contribution in [0, 0.1) is 6.92 Å². The number of ether oxygens (including phenoxy) is 1. The highest BCUT2D eigenvalue weighted by molar-refractivity contribution is 9.10. The summed E-state index contributed by atoms with van der Waals surface area (Å²) in [5.74, 6) is -1.10. The second-order valence-electron chi connectivity index (χ2n) is 6.30. The number of urea groups is 1. The molecule has 1 aliphatic heterocycles. The number of anilines is 1. The summed E-state index contributed by atoms with van der Waals surface area (Å²) in [5.41, 5.74) is 1.47. The molecule has 3 rings (SSSR count). The van der Waals surface area contributed by atoms with E-state index in [2.05, 4.69) is 43.8 Å². The Morgan fingerprint density at radius 1 is 1.17 bits per heavy atom. The molecular weight excluding hydrogens is 540 g/mol. The Morgan fingerprint density at radius 3 is 2.53 bits per heavy atom. The van der Waals surface area contributed by atoms with Crippen LogP contribution in [0.3, 0.4) is 0 Å². The first kappa shape index (κ1) is 22.3. The van der Waals surface area contributed by atoms with Crippen molar-refractivity contribution in [3.05, 3.63) is 73.7 Å². The highest BCUT2D eigenvalue weighted by Crippen LogP contribution is 2.35. The predicted octanol–water partition coefficient (Wildman–Crippen LogP) is 5.40. The zero-order valence-electron chi connectivity index (χ0n) is 15.7. The van der Waals surface area contributed by atoms with Gasteiger partial charge in [-0.1, -0.05) is 40.2 Å². The molecular formula is C21H15Br2ClN2O4. The smallest absolute Gasteiger partial charge is 0.335 e. The number of hydrogen-bond acceptors (Lipinski definition) is 4. The van der Waals surface area contributed by atoms with Crippen molar-refractivity contribution in [2.45, 2.75) is 6.92 Å². The molecule has 1 aliphatic rings. The summed E-state index contributed by atoms with van der Waals surface area (Å²) in [6.07, 6.45) is 2.95. The third-order valence-corrected chi connectivity index (χ3v) is 5.94. The summed E-state index contributed by atoms with van der Waals surface area (Å²) in [5, 5.41) is 2.49. The molecule has 0 spiro atoms. The highest BCUT2D eigenvalue weighted by atomic mass is 79.9. The minimum Gasteiger partial charge on any atom is -0.487 e. The number of hydrogen-bond donors (Lipinski definition) is 1. The lowest BCUT2D eigenvalue weighted by Crippen LogP contribution is -2.54. The van der Waals surface area contributed by atoms with Crippen LogP contribution in [0.25, 0.3) is 6.08 Å². The fourth-order valence-electron chi connectivity index (χ4n) is 2.77. The van der Waals surface area contributed by atoms with E-state index in [1.165, 1.54) is 6.08 Å². The number of nitrogens with one attached hydrogen (secondary N) is 1. The Labute approximate surface area is 194 Å². The molecule has 0 unspecified atom stereocenters. The molecule has 2 aromatic carbocycles. The lowest BCUT2D eigenvalue weighted by Gasteiger charge is -2.26. The summed E-state index contributed by atoms with van der Waals surface area (Å²) < 4.78 is 6.87. The predicted molar refractivity (Wildman–Crippen MR) is 123 cm³/mol. The Bertz CT molecular complexity index is 1090. The number of aryl methyl sites for hydroxylation is 1. The maximum Gasteiger partial charge on any atom is 0.335 e. The average molecular weight is 555 g/mol. The maximum atomic E-state index is 13.0. The number of barbiturate groups is 1. The van der Waals surface area contributed by atoms with Crippen LogP contribution in [-0.4, -0.2) is 24.5 Å². The summed E-state index contributed by atoms with van der Waals surface area (Å²) in [6, 6.07) is 7.42. The monoisotopic (exact) mass is 552 g/mol. The van der Waals surface area contributed by atoms with Crippen molar-refractivity contribution in [1.29, 1.82) is 0 Å². The van der Waals surface area contributed by atoms with E-state index >= 15 is 0 Å². The number of imide groups is 2. The largest absolute Gasteiger partial charge is 0.487 e. The van der Waals surface area contributed by atoms with Crippen molar-refractivity contribution in [2.75, 3.05) is 11.5 Å². The number of carbonyl (C=O) groups is 3. The Kier molecular flexibility index (Phi) is 6.80. The molecule has 1 N–H and O–H groups in total. The van der Waals surface area contributed by atoms with Gasteiger partial charge in [0.1, 0.15) is 12.2 Å². The van der Waals surface area contributed by atoms with Gasteiger partial charge in [-0.3, -0.25) is 14.9 Å². The van der Waals surface area contributed by atoms with E-state index in [1.807, 2.05) is 6.92 Å².